The number of hydrogen-bond acceptors (Lipinski definition) is 3. The molecule has 2 atom stereocenters. The van der Waals surface area contributed by atoms with Crippen molar-refractivity contribution in [2.24, 2.45) is 17.4 Å². The molecule has 0 aliphatic carbocycles. The van der Waals surface area contributed by atoms with Crippen LogP contribution in [0.5, 0.6) is 0 Å². The highest BCUT2D eigenvalue weighted by molar-refractivity contribution is 5.86. The molecule has 0 saturated carbocycles. The van der Waals surface area contributed by atoms with Crippen LogP contribution in [0.2, 0.25) is 0 Å². The standard InChI is InChI=1S/C10H22N4O2.ClH/c1-6(2)4-8(5-11)14-9(15)7(3)13-10(12)16;/h6-8H,4-5,11H2,1-3H3,(H,14,15)(H3,12,13,16);1H. The van der Waals surface area contributed by atoms with Crippen molar-refractivity contribution in [3.05, 3.63) is 0 Å². The Morgan fingerprint density at radius 2 is 1.71 bits per heavy atom. The fourth-order valence-corrected chi connectivity index (χ4v) is 1.39. The first kappa shape index (κ1) is 18.4. The van der Waals surface area contributed by atoms with Crippen LogP contribution < -0.4 is 22.1 Å². The summed E-state index contributed by atoms with van der Waals surface area (Å²) in [5.74, 6) is 0.183. The Morgan fingerprint density at radius 1 is 1.18 bits per heavy atom. The molecule has 3 amide bonds. The minimum atomic E-state index is -0.712. The maximum atomic E-state index is 11.6. The van der Waals surface area contributed by atoms with Crippen LogP contribution in [0.4, 0.5) is 4.79 Å². The second-order valence-electron chi connectivity index (χ2n) is 4.30. The van der Waals surface area contributed by atoms with E-state index in [0.29, 0.717) is 12.5 Å². The van der Waals surface area contributed by atoms with E-state index in [-0.39, 0.29) is 24.4 Å². The molecule has 17 heavy (non-hydrogen) atoms. The molecular formula is C10H23ClN4O2. The van der Waals surface area contributed by atoms with Crippen LogP contribution >= 0.6 is 12.4 Å². The summed E-state index contributed by atoms with van der Waals surface area (Å²) in [7, 11) is 0. The van der Waals surface area contributed by atoms with E-state index in [2.05, 4.69) is 24.5 Å². The van der Waals surface area contributed by atoms with Gasteiger partial charge in [0.2, 0.25) is 5.91 Å². The van der Waals surface area contributed by atoms with Gasteiger partial charge < -0.3 is 22.1 Å². The number of carbonyl (C=O) groups excluding carboxylic acids is 2. The zero-order valence-electron chi connectivity index (χ0n) is 10.5. The van der Waals surface area contributed by atoms with Gasteiger partial charge in [0, 0.05) is 12.6 Å². The highest BCUT2D eigenvalue weighted by Crippen LogP contribution is 2.03. The van der Waals surface area contributed by atoms with E-state index in [1.165, 1.54) is 0 Å². The predicted octanol–water partition coefficient (Wildman–Crippen LogP) is -0.0454. The summed E-state index contributed by atoms with van der Waals surface area (Å²) >= 11 is 0. The van der Waals surface area contributed by atoms with Crippen molar-refractivity contribution in [3.8, 4) is 0 Å². The van der Waals surface area contributed by atoms with Crippen LogP contribution in [0, 0.1) is 5.92 Å². The Morgan fingerprint density at radius 3 is 2.06 bits per heavy atom. The first-order valence-electron chi connectivity index (χ1n) is 5.43. The summed E-state index contributed by atoms with van der Waals surface area (Å²) in [5, 5.41) is 5.08. The van der Waals surface area contributed by atoms with Gasteiger partial charge in [0.25, 0.3) is 0 Å². The van der Waals surface area contributed by atoms with E-state index >= 15 is 0 Å². The van der Waals surface area contributed by atoms with Gasteiger partial charge in [-0.25, -0.2) is 4.79 Å². The van der Waals surface area contributed by atoms with Gasteiger partial charge in [-0.1, -0.05) is 13.8 Å². The SMILES string of the molecule is CC(C)CC(CN)NC(=O)C(C)NC(N)=O.Cl. The summed E-state index contributed by atoms with van der Waals surface area (Å²) in [4.78, 5) is 22.1. The van der Waals surface area contributed by atoms with Gasteiger partial charge in [-0.2, -0.15) is 0 Å². The summed E-state index contributed by atoms with van der Waals surface area (Å²) < 4.78 is 0. The molecule has 6 nitrogen and oxygen atoms in total. The molecule has 0 aromatic rings. The number of nitrogens with two attached hydrogens (primary N) is 2. The number of carbonyl (C=O) groups is 2. The van der Waals surface area contributed by atoms with E-state index in [1.807, 2.05) is 0 Å². The van der Waals surface area contributed by atoms with Crippen LogP contribution in [0.25, 0.3) is 0 Å². The molecule has 0 bridgehead atoms. The third-order valence-corrected chi connectivity index (χ3v) is 2.14. The van der Waals surface area contributed by atoms with Gasteiger partial charge in [-0.15, -0.1) is 12.4 Å². The van der Waals surface area contributed by atoms with Crippen molar-refractivity contribution in [1.82, 2.24) is 10.6 Å². The predicted molar refractivity (Wildman–Crippen MR) is 69.9 cm³/mol. The fourth-order valence-electron chi connectivity index (χ4n) is 1.39. The van der Waals surface area contributed by atoms with Crippen molar-refractivity contribution in [2.75, 3.05) is 6.54 Å². The second kappa shape index (κ2) is 9.07. The number of halogens is 1. The van der Waals surface area contributed by atoms with Crippen LogP contribution in [-0.2, 0) is 4.79 Å². The minimum absolute atomic E-state index is 0. The number of primary amides is 1. The number of nitrogens with one attached hydrogen (secondary N) is 2. The molecule has 0 spiro atoms. The number of urea groups is 1. The third-order valence-electron chi connectivity index (χ3n) is 2.14. The van der Waals surface area contributed by atoms with Crippen LogP contribution in [-0.4, -0.2) is 30.6 Å². The van der Waals surface area contributed by atoms with Crippen molar-refractivity contribution < 1.29 is 9.59 Å². The summed E-state index contributed by atoms with van der Waals surface area (Å²) in [6, 6.07) is -1.42. The minimum Gasteiger partial charge on any atom is -0.352 e. The number of amides is 3. The van der Waals surface area contributed by atoms with Gasteiger partial charge in [-0.05, 0) is 19.3 Å². The molecular weight excluding hydrogens is 244 g/mol. The lowest BCUT2D eigenvalue weighted by atomic mass is 10.0. The number of rotatable bonds is 6. The molecule has 2 unspecified atom stereocenters. The smallest absolute Gasteiger partial charge is 0.312 e. The lowest BCUT2D eigenvalue weighted by Gasteiger charge is -2.21. The van der Waals surface area contributed by atoms with E-state index in [9.17, 15) is 9.59 Å². The zero-order valence-corrected chi connectivity index (χ0v) is 11.3. The maximum absolute atomic E-state index is 11.6. The van der Waals surface area contributed by atoms with Crippen molar-refractivity contribution in [1.29, 1.82) is 0 Å². The average Bonchev–Trinajstić information content (AvgIpc) is 2.14. The van der Waals surface area contributed by atoms with Crippen LogP contribution in [0.1, 0.15) is 27.2 Å². The first-order valence-corrected chi connectivity index (χ1v) is 5.43. The summed E-state index contributed by atoms with van der Waals surface area (Å²) in [6.45, 7) is 6.07. The lowest BCUT2D eigenvalue weighted by Crippen LogP contribution is -2.51. The van der Waals surface area contributed by atoms with Crippen LogP contribution in [0.3, 0.4) is 0 Å². The Bertz CT molecular complexity index is 248. The maximum Gasteiger partial charge on any atom is 0.312 e. The summed E-state index contributed by atoms with van der Waals surface area (Å²) in [5.41, 5.74) is 10.5. The Labute approximate surface area is 108 Å². The Hall–Kier alpha value is -1.01. The Balaban J connectivity index is 0. The Kier molecular flexibility index (Phi) is 9.79. The molecule has 0 radical (unpaired) electrons. The highest BCUT2D eigenvalue weighted by Gasteiger charge is 2.18. The monoisotopic (exact) mass is 266 g/mol. The molecule has 102 valence electrons. The number of hydrogen-bond donors (Lipinski definition) is 4. The second-order valence-corrected chi connectivity index (χ2v) is 4.30. The molecule has 6 N–H and O–H groups in total. The highest BCUT2D eigenvalue weighted by atomic mass is 35.5. The molecule has 0 aliphatic rings. The fraction of sp³-hybridized carbons (Fsp3) is 0.800. The quantitative estimate of drug-likeness (QED) is 0.541. The van der Waals surface area contributed by atoms with Gasteiger partial charge in [-0.3, -0.25) is 4.79 Å². The molecule has 0 aromatic carbocycles. The van der Waals surface area contributed by atoms with E-state index in [1.54, 1.807) is 6.92 Å². The third kappa shape index (κ3) is 8.76. The van der Waals surface area contributed by atoms with Crippen molar-refractivity contribution >= 4 is 24.3 Å². The molecule has 0 aromatic heterocycles. The average molecular weight is 267 g/mol. The molecule has 0 aliphatic heterocycles. The molecule has 0 heterocycles. The van der Waals surface area contributed by atoms with Crippen LogP contribution in [0.15, 0.2) is 0 Å². The van der Waals surface area contributed by atoms with Crippen molar-refractivity contribution in [2.45, 2.75) is 39.3 Å². The normalized spacial score (nSPS) is 13.5. The lowest BCUT2D eigenvalue weighted by molar-refractivity contribution is -0.123. The largest absolute Gasteiger partial charge is 0.352 e. The summed E-state index contributed by atoms with van der Waals surface area (Å²) in [6.07, 6.45) is 0.811. The van der Waals surface area contributed by atoms with Gasteiger partial charge in [0.15, 0.2) is 0 Å². The van der Waals surface area contributed by atoms with Crippen molar-refractivity contribution in [3.63, 3.8) is 0 Å². The molecule has 0 rings (SSSR count). The topological polar surface area (TPSA) is 110 Å². The molecule has 0 fully saturated rings. The van der Waals surface area contributed by atoms with E-state index < -0.39 is 12.1 Å². The zero-order chi connectivity index (χ0) is 12.7. The molecule has 7 heteroatoms. The first-order chi connectivity index (χ1) is 7.36. The van der Waals surface area contributed by atoms with E-state index in [4.69, 9.17) is 11.5 Å². The van der Waals surface area contributed by atoms with Gasteiger partial charge in [0.1, 0.15) is 6.04 Å². The van der Waals surface area contributed by atoms with Gasteiger partial charge in [0.05, 0.1) is 0 Å². The van der Waals surface area contributed by atoms with E-state index in [0.717, 1.165) is 6.42 Å². The molecule has 0 saturated heterocycles. The van der Waals surface area contributed by atoms with Gasteiger partial charge >= 0.3 is 6.03 Å².